The van der Waals surface area contributed by atoms with E-state index in [9.17, 15) is 14.7 Å². The summed E-state index contributed by atoms with van der Waals surface area (Å²) in [5, 5.41) is 9.39. The first-order valence-corrected chi connectivity index (χ1v) is 9.21. The molecule has 0 aromatic heterocycles. The first-order chi connectivity index (χ1) is 12.9. The Bertz CT molecular complexity index is 859. The van der Waals surface area contributed by atoms with E-state index in [4.69, 9.17) is 4.74 Å². The number of ether oxygens (including phenoxy) is 1. The first-order valence-electron chi connectivity index (χ1n) is 9.21. The number of benzene rings is 2. The summed E-state index contributed by atoms with van der Waals surface area (Å²) < 4.78 is 5.64. The maximum absolute atomic E-state index is 12.6. The Morgan fingerprint density at radius 1 is 1.07 bits per heavy atom. The summed E-state index contributed by atoms with van der Waals surface area (Å²) >= 11 is 0. The van der Waals surface area contributed by atoms with E-state index in [1.165, 1.54) is 16.0 Å². The monoisotopic (exact) mass is 365 g/mol. The van der Waals surface area contributed by atoms with E-state index in [2.05, 4.69) is 24.3 Å². The number of carbonyl (C=O) groups is 2. The molecule has 140 valence electrons. The van der Waals surface area contributed by atoms with Crippen molar-refractivity contribution >= 4 is 12.1 Å². The van der Waals surface area contributed by atoms with Crippen LogP contribution in [-0.4, -0.2) is 41.8 Å². The van der Waals surface area contributed by atoms with E-state index < -0.39 is 23.4 Å². The van der Waals surface area contributed by atoms with Crippen LogP contribution in [0.2, 0.25) is 0 Å². The highest BCUT2D eigenvalue weighted by molar-refractivity contribution is 5.79. The quantitative estimate of drug-likeness (QED) is 0.893. The maximum Gasteiger partial charge on any atom is 0.409 e. The molecule has 5 heteroatoms. The minimum Gasteiger partial charge on any atom is -0.481 e. The molecule has 2 aromatic carbocycles. The van der Waals surface area contributed by atoms with Crippen LogP contribution < -0.4 is 0 Å². The number of hydrogen-bond acceptors (Lipinski definition) is 3. The molecule has 5 nitrogen and oxygen atoms in total. The highest BCUT2D eigenvalue weighted by atomic mass is 16.6. The third kappa shape index (κ3) is 2.97. The molecule has 27 heavy (non-hydrogen) atoms. The van der Waals surface area contributed by atoms with E-state index in [1.807, 2.05) is 38.1 Å². The molecule has 1 aliphatic carbocycles. The zero-order valence-corrected chi connectivity index (χ0v) is 15.5. The molecule has 0 spiro atoms. The lowest BCUT2D eigenvalue weighted by Gasteiger charge is -2.22. The van der Waals surface area contributed by atoms with Gasteiger partial charge in [0, 0.05) is 19.0 Å². The molecule has 0 radical (unpaired) electrons. The van der Waals surface area contributed by atoms with Gasteiger partial charge in [-0.15, -0.1) is 0 Å². The van der Waals surface area contributed by atoms with Gasteiger partial charge in [0.2, 0.25) is 0 Å². The molecular formula is C22H23NO4. The van der Waals surface area contributed by atoms with Crippen molar-refractivity contribution in [2.75, 3.05) is 19.7 Å². The molecule has 1 fully saturated rings. The van der Waals surface area contributed by atoms with Crippen LogP contribution in [0, 0.1) is 11.3 Å². The normalized spacial score (nSPS) is 20.2. The Kier molecular flexibility index (Phi) is 4.17. The van der Waals surface area contributed by atoms with Crippen molar-refractivity contribution in [3.05, 3.63) is 59.7 Å². The molecular weight excluding hydrogens is 342 g/mol. The fourth-order valence-corrected chi connectivity index (χ4v) is 4.37. The number of aliphatic carboxylic acids is 1. The van der Waals surface area contributed by atoms with Crippen molar-refractivity contribution in [3.63, 3.8) is 0 Å². The molecule has 2 aromatic rings. The number of amides is 1. The van der Waals surface area contributed by atoms with Gasteiger partial charge < -0.3 is 14.7 Å². The molecule has 0 saturated carbocycles. The average Bonchev–Trinajstić information content (AvgIpc) is 3.14. The molecule has 0 bridgehead atoms. The summed E-state index contributed by atoms with van der Waals surface area (Å²) in [6, 6.07) is 16.4. The molecule has 1 saturated heterocycles. The van der Waals surface area contributed by atoms with Crippen molar-refractivity contribution < 1.29 is 19.4 Å². The van der Waals surface area contributed by atoms with Gasteiger partial charge in [-0.05, 0) is 27.7 Å². The molecule has 1 amide bonds. The molecule has 1 aliphatic heterocycles. The summed E-state index contributed by atoms with van der Waals surface area (Å²) in [6.45, 7) is 4.59. The molecule has 1 unspecified atom stereocenters. The maximum atomic E-state index is 12.6. The topological polar surface area (TPSA) is 66.8 Å². The van der Waals surface area contributed by atoms with E-state index in [0.717, 1.165) is 11.1 Å². The number of carboxylic acids is 1. The lowest BCUT2D eigenvalue weighted by Crippen LogP contribution is -2.31. The molecule has 1 atom stereocenters. The van der Waals surface area contributed by atoms with Crippen molar-refractivity contribution in [2.24, 2.45) is 11.3 Å². The Morgan fingerprint density at radius 3 is 2.15 bits per heavy atom. The van der Waals surface area contributed by atoms with Crippen molar-refractivity contribution in [1.29, 1.82) is 0 Å². The summed E-state index contributed by atoms with van der Waals surface area (Å²) in [4.78, 5) is 25.6. The van der Waals surface area contributed by atoms with Gasteiger partial charge in [0.05, 0.1) is 5.92 Å². The minimum atomic E-state index is -0.867. The Hall–Kier alpha value is -2.82. The number of carbonyl (C=O) groups excluding carboxylic acids is 1. The summed E-state index contributed by atoms with van der Waals surface area (Å²) in [6.07, 6.45) is -0.436. The van der Waals surface area contributed by atoms with E-state index in [0.29, 0.717) is 6.54 Å². The van der Waals surface area contributed by atoms with Gasteiger partial charge in [0.25, 0.3) is 0 Å². The average molecular weight is 365 g/mol. The van der Waals surface area contributed by atoms with Gasteiger partial charge in [0.1, 0.15) is 6.61 Å². The third-order valence-corrected chi connectivity index (χ3v) is 5.84. The van der Waals surface area contributed by atoms with Gasteiger partial charge >= 0.3 is 12.1 Å². The molecule has 1 heterocycles. The highest BCUT2D eigenvalue weighted by Crippen LogP contribution is 2.44. The second kappa shape index (κ2) is 6.41. The van der Waals surface area contributed by atoms with E-state index in [-0.39, 0.29) is 19.1 Å². The molecule has 1 N–H and O–H groups in total. The van der Waals surface area contributed by atoms with Crippen LogP contribution in [0.4, 0.5) is 4.79 Å². The zero-order valence-electron chi connectivity index (χ0n) is 15.5. The SMILES string of the molecule is CC1(C)CN(C(=O)OCC2c3ccccc3-c3ccccc32)CC1C(=O)O. The fraction of sp³-hybridized carbons (Fsp3) is 0.364. The lowest BCUT2D eigenvalue weighted by molar-refractivity contribution is -0.144. The zero-order chi connectivity index (χ0) is 19.2. The second-order valence-electron chi connectivity index (χ2n) is 8.06. The Balaban J connectivity index is 1.50. The van der Waals surface area contributed by atoms with Crippen molar-refractivity contribution in [3.8, 4) is 11.1 Å². The van der Waals surface area contributed by atoms with Gasteiger partial charge in [-0.2, -0.15) is 0 Å². The number of carboxylic acid groups (broad SMARTS) is 1. The van der Waals surface area contributed by atoms with Crippen LogP contribution in [0.3, 0.4) is 0 Å². The van der Waals surface area contributed by atoms with Crippen LogP contribution in [0.5, 0.6) is 0 Å². The number of likely N-dealkylation sites (tertiary alicyclic amines) is 1. The van der Waals surface area contributed by atoms with E-state index >= 15 is 0 Å². The fourth-order valence-electron chi connectivity index (χ4n) is 4.37. The van der Waals surface area contributed by atoms with Crippen LogP contribution >= 0.6 is 0 Å². The van der Waals surface area contributed by atoms with Crippen LogP contribution in [0.15, 0.2) is 48.5 Å². The van der Waals surface area contributed by atoms with Crippen LogP contribution in [0.25, 0.3) is 11.1 Å². The summed E-state index contributed by atoms with van der Waals surface area (Å²) in [7, 11) is 0. The minimum absolute atomic E-state index is 0.00670. The standard InChI is InChI=1S/C22H23NO4/c1-22(2)13-23(11-19(22)20(24)25)21(26)27-12-18-16-9-5-3-7-14(16)15-8-4-6-10-17(15)18/h3-10,18-19H,11-13H2,1-2H3,(H,24,25). The summed E-state index contributed by atoms with van der Waals surface area (Å²) in [5.41, 5.74) is 4.23. The number of hydrogen-bond donors (Lipinski definition) is 1. The smallest absolute Gasteiger partial charge is 0.409 e. The predicted molar refractivity (Wildman–Crippen MR) is 102 cm³/mol. The third-order valence-electron chi connectivity index (χ3n) is 5.84. The van der Waals surface area contributed by atoms with E-state index in [1.54, 1.807) is 0 Å². The summed E-state index contributed by atoms with van der Waals surface area (Å²) in [5.74, 6) is -1.43. The van der Waals surface area contributed by atoms with Crippen LogP contribution in [-0.2, 0) is 9.53 Å². The predicted octanol–water partition coefficient (Wildman–Crippen LogP) is 3.98. The highest BCUT2D eigenvalue weighted by Gasteiger charge is 2.46. The number of nitrogens with zero attached hydrogens (tertiary/aromatic N) is 1. The van der Waals surface area contributed by atoms with Gasteiger partial charge in [0.15, 0.2) is 0 Å². The Labute approximate surface area is 158 Å². The lowest BCUT2D eigenvalue weighted by atomic mass is 9.82. The van der Waals surface area contributed by atoms with Gasteiger partial charge in [-0.3, -0.25) is 4.79 Å². The number of rotatable bonds is 3. The second-order valence-corrected chi connectivity index (χ2v) is 8.06. The van der Waals surface area contributed by atoms with Gasteiger partial charge in [-0.1, -0.05) is 62.4 Å². The van der Waals surface area contributed by atoms with Crippen molar-refractivity contribution in [2.45, 2.75) is 19.8 Å². The molecule has 4 rings (SSSR count). The molecule has 2 aliphatic rings. The first kappa shape index (κ1) is 17.6. The van der Waals surface area contributed by atoms with Crippen molar-refractivity contribution in [1.82, 2.24) is 4.90 Å². The largest absolute Gasteiger partial charge is 0.481 e. The number of fused-ring (bicyclic) bond motifs is 3. The Morgan fingerprint density at radius 2 is 1.63 bits per heavy atom. The van der Waals surface area contributed by atoms with Crippen LogP contribution in [0.1, 0.15) is 30.9 Å². The van der Waals surface area contributed by atoms with Gasteiger partial charge in [-0.25, -0.2) is 4.79 Å².